The van der Waals surface area contributed by atoms with Gasteiger partial charge in [-0.3, -0.25) is 9.59 Å². The molecule has 3 aromatic carbocycles. The van der Waals surface area contributed by atoms with Gasteiger partial charge in [-0.25, -0.2) is 9.67 Å². The van der Waals surface area contributed by atoms with E-state index in [0.29, 0.717) is 21.6 Å². The number of benzene rings is 3. The Morgan fingerprint density at radius 1 is 0.912 bits per heavy atom. The Labute approximate surface area is 206 Å². The normalized spacial score (nSPS) is 10.7. The Morgan fingerprint density at radius 3 is 2.15 bits per heavy atom. The SMILES string of the molecule is CCN(CC(=O)Nc1c(Cl)cccc1Cl)C(=O)c1nc(-c2ccccc2)n(-c2ccccc2)n1. The summed E-state index contributed by atoms with van der Waals surface area (Å²) in [7, 11) is 0. The minimum atomic E-state index is -0.463. The van der Waals surface area contributed by atoms with E-state index in [-0.39, 0.29) is 18.9 Å². The van der Waals surface area contributed by atoms with Crippen molar-refractivity contribution in [2.24, 2.45) is 0 Å². The lowest BCUT2D eigenvalue weighted by Gasteiger charge is -2.19. The van der Waals surface area contributed by atoms with Gasteiger partial charge in [0.05, 0.1) is 21.4 Å². The second-order valence-corrected chi connectivity index (χ2v) is 8.15. The van der Waals surface area contributed by atoms with E-state index >= 15 is 0 Å². The van der Waals surface area contributed by atoms with Crippen LogP contribution < -0.4 is 5.32 Å². The molecule has 0 saturated carbocycles. The maximum Gasteiger partial charge on any atom is 0.294 e. The summed E-state index contributed by atoms with van der Waals surface area (Å²) in [4.78, 5) is 31.8. The summed E-state index contributed by atoms with van der Waals surface area (Å²) in [5.74, 6) is -0.377. The zero-order valence-electron chi connectivity index (χ0n) is 18.3. The van der Waals surface area contributed by atoms with E-state index in [4.69, 9.17) is 23.2 Å². The van der Waals surface area contributed by atoms with E-state index in [1.807, 2.05) is 60.7 Å². The first kappa shape index (κ1) is 23.5. The van der Waals surface area contributed by atoms with Gasteiger partial charge in [0, 0.05) is 12.1 Å². The maximum absolute atomic E-state index is 13.3. The van der Waals surface area contributed by atoms with Gasteiger partial charge in [-0.05, 0) is 31.2 Å². The van der Waals surface area contributed by atoms with Gasteiger partial charge in [-0.2, -0.15) is 0 Å². The van der Waals surface area contributed by atoms with Crippen molar-refractivity contribution in [3.05, 3.63) is 94.7 Å². The number of amides is 2. The van der Waals surface area contributed by atoms with Crippen molar-refractivity contribution in [1.29, 1.82) is 0 Å². The molecular weight excluding hydrogens is 473 g/mol. The van der Waals surface area contributed by atoms with Crippen molar-refractivity contribution < 1.29 is 9.59 Å². The van der Waals surface area contributed by atoms with Crippen LogP contribution in [-0.2, 0) is 4.79 Å². The number of anilines is 1. The average molecular weight is 494 g/mol. The summed E-state index contributed by atoms with van der Waals surface area (Å²) in [6.45, 7) is 1.85. The van der Waals surface area contributed by atoms with Crippen LogP contribution in [0, 0.1) is 0 Å². The number of nitrogens with zero attached hydrogens (tertiary/aromatic N) is 4. The van der Waals surface area contributed by atoms with Gasteiger partial charge in [0.1, 0.15) is 6.54 Å². The van der Waals surface area contributed by atoms with Gasteiger partial charge in [-0.1, -0.05) is 77.8 Å². The van der Waals surface area contributed by atoms with E-state index in [1.54, 1.807) is 29.8 Å². The van der Waals surface area contributed by atoms with Crippen LogP contribution in [0.1, 0.15) is 17.5 Å². The standard InChI is InChI=1S/C25H21Cl2N5O2/c1-2-31(16-21(33)28-22-19(26)14-9-15-20(22)27)25(34)23-29-24(17-10-5-3-6-11-17)32(30-23)18-12-7-4-8-13-18/h3-15H,2,16H2,1H3,(H,28,33). The molecule has 0 bridgehead atoms. The highest BCUT2D eigenvalue weighted by atomic mass is 35.5. The molecule has 1 N–H and O–H groups in total. The molecule has 4 rings (SSSR count). The van der Waals surface area contributed by atoms with Gasteiger partial charge >= 0.3 is 0 Å². The van der Waals surface area contributed by atoms with Gasteiger partial charge in [-0.15, -0.1) is 5.10 Å². The lowest BCUT2D eigenvalue weighted by molar-refractivity contribution is -0.116. The van der Waals surface area contributed by atoms with Crippen molar-refractivity contribution in [3.8, 4) is 17.1 Å². The molecule has 1 aromatic heterocycles. The van der Waals surface area contributed by atoms with Crippen LogP contribution in [0.25, 0.3) is 17.1 Å². The second-order valence-electron chi connectivity index (χ2n) is 7.34. The highest BCUT2D eigenvalue weighted by Crippen LogP contribution is 2.29. The number of aromatic nitrogens is 3. The molecule has 9 heteroatoms. The number of para-hydroxylation sites is 2. The lowest BCUT2D eigenvalue weighted by atomic mass is 10.2. The van der Waals surface area contributed by atoms with Gasteiger partial charge in [0.25, 0.3) is 5.91 Å². The monoisotopic (exact) mass is 493 g/mol. The smallest absolute Gasteiger partial charge is 0.294 e. The molecule has 0 atom stereocenters. The molecule has 0 saturated heterocycles. The van der Waals surface area contributed by atoms with Crippen molar-refractivity contribution in [2.75, 3.05) is 18.4 Å². The Bertz CT molecular complexity index is 1230. The molecule has 172 valence electrons. The molecule has 2 amide bonds. The highest BCUT2D eigenvalue weighted by Gasteiger charge is 2.24. The molecule has 34 heavy (non-hydrogen) atoms. The number of hydrogen-bond donors (Lipinski definition) is 1. The molecule has 0 aliphatic heterocycles. The van der Waals surface area contributed by atoms with Crippen LogP contribution in [-0.4, -0.2) is 44.6 Å². The molecule has 0 unspecified atom stereocenters. The molecule has 0 fully saturated rings. The van der Waals surface area contributed by atoms with Crippen LogP contribution >= 0.6 is 23.2 Å². The van der Waals surface area contributed by atoms with E-state index in [0.717, 1.165) is 11.3 Å². The third-order valence-electron chi connectivity index (χ3n) is 5.06. The summed E-state index contributed by atoms with van der Waals surface area (Å²) in [5.41, 5.74) is 1.88. The highest BCUT2D eigenvalue weighted by molar-refractivity contribution is 6.39. The zero-order chi connectivity index (χ0) is 24.1. The fourth-order valence-electron chi connectivity index (χ4n) is 3.36. The first-order chi connectivity index (χ1) is 16.5. The zero-order valence-corrected chi connectivity index (χ0v) is 19.8. The second kappa shape index (κ2) is 10.5. The predicted molar refractivity (Wildman–Crippen MR) is 133 cm³/mol. The number of likely N-dealkylation sites (N-methyl/N-ethyl adjacent to an activating group) is 1. The minimum Gasteiger partial charge on any atom is -0.327 e. The maximum atomic E-state index is 13.3. The summed E-state index contributed by atoms with van der Waals surface area (Å²) in [6.07, 6.45) is 0. The summed E-state index contributed by atoms with van der Waals surface area (Å²) >= 11 is 12.3. The van der Waals surface area contributed by atoms with E-state index in [1.165, 1.54) is 4.90 Å². The fourth-order valence-corrected chi connectivity index (χ4v) is 3.86. The van der Waals surface area contributed by atoms with Gasteiger partial charge in [0.15, 0.2) is 5.82 Å². The van der Waals surface area contributed by atoms with Crippen LogP contribution in [0.2, 0.25) is 10.0 Å². The number of halogens is 2. The van der Waals surface area contributed by atoms with E-state index in [9.17, 15) is 9.59 Å². The molecule has 0 aliphatic carbocycles. The van der Waals surface area contributed by atoms with E-state index in [2.05, 4.69) is 15.4 Å². The number of carbonyl (C=O) groups excluding carboxylic acids is 2. The summed E-state index contributed by atoms with van der Waals surface area (Å²) < 4.78 is 1.62. The lowest BCUT2D eigenvalue weighted by Crippen LogP contribution is -2.38. The minimum absolute atomic E-state index is 0.00636. The van der Waals surface area contributed by atoms with Crippen molar-refractivity contribution in [3.63, 3.8) is 0 Å². The fraction of sp³-hybridized carbons (Fsp3) is 0.120. The van der Waals surface area contributed by atoms with Crippen LogP contribution in [0.3, 0.4) is 0 Å². The van der Waals surface area contributed by atoms with Gasteiger partial charge < -0.3 is 10.2 Å². The number of rotatable bonds is 7. The molecular formula is C25H21Cl2N5O2. The summed E-state index contributed by atoms with van der Waals surface area (Å²) in [6, 6.07) is 23.8. The third-order valence-corrected chi connectivity index (χ3v) is 5.69. The van der Waals surface area contributed by atoms with Crippen molar-refractivity contribution >= 4 is 40.7 Å². The molecule has 7 nitrogen and oxygen atoms in total. The van der Waals surface area contributed by atoms with Crippen molar-refractivity contribution in [1.82, 2.24) is 19.7 Å². The van der Waals surface area contributed by atoms with E-state index < -0.39 is 11.8 Å². The molecule has 4 aromatic rings. The van der Waals surface area contributed by atoms with Crippen molar-refractivity contribution in [2.45, 2.75) is 6.92 Å². The molecule has 0 spiro atoms. The topological polar surface area (TPSA) is 80.1 Å². The molecule has 1 heterocycles. The molecule has 0 aliphatic rings. The quantitative estimate of drug-likeness (QED) is 0.376. The van der Waals surface area contributed by atoms with Crippen LogP contribution in [0.15, 0.2) is 78.9 Å². The van der Waals surface area contributed by atoms with Crippen LogP contribution in [0.5, 0.6) is 0 Å². The first-order valence-electron chi connectivity index (χ1n) is 10.6. The Hall–Kier alpha value is -3.68. The molecule has 0 radical (unpaired) electrons. The Kier molecular flexibility index (Phi) is 7.25. The predicted octanol–water partition coefficient (Wildman–Crippen LogP) is 5.34. The van der Waals surface area contributed by atoms with Gasteiger partial charge in [0.2, 0.25) is 11.7 Å². The summed E-state index contributed by atoms with van der Waals surface area (Å²) in [5, 5.41) is 7.78. The number of carbonyl (C=O) groups is 2. The number of hydrogen-bond acceptors (Lipinski definition) is 4. The third kappa shape index (κ3) is 5.11. The van der Waals surface area contributed by atoms with Crippen LogP contribution in [0.4, 0.5) is 5.69 Å². The Balaban J connectivity index is 1.61. The number of nitrogens with one attached hydrogen (secondary N) is 1. The average Bonchev–Trinajstić information content (AvgIpc) is 3.31. The first-order valence-corrected chi connectivity index (χ1v) is 11.3. The largest absolute Gasteiger partial charge is 0.327 e. The Morgan fingerprint density at radius 2 is 1.53 bits per heavy atom.